The van der Waals surface area contributed by atoms with Crippen LogP contribution in [0.25, 0.3) is 10.9 Å². The minimum Gasteiger partial charge on any atom is -0.394 e. The molecule has 0 aliphatic carbocycles. The minimum atomic E-state index is -0.461. The van der Waals surface area contributed by atoms with Gasteiger partial charge in [-0.25, -0.2) is 4.39 Å². The van der Waals surface area contributed by atoms with Crippen LogP contribution in [-0.2, 0) is 6.54 Å². The molecule has 2 N–H and O–H groups in total. The second-order valence-electron chi connectivity index (χ2n) is 5.68. The minimum absolute atomic E-state index is 0.197. The fourth-order valence-electron chi connectivity index (χ4n) is 3.18. The average molecular weight is 393 g/mol. The number of aromatic amines is 1. The Morgan fingerprint density at radius 2 is 2.25 bits per heavy atom. The number of nitrogens with zero attached hydrogens (tertiary/aromatic N) is 3. The summed E-state index contributed by atoms with van der Waals surface area (Å²) >= 11 is 3.15. The van der Waals surface area contributed by atoms with Crippen LogP contribution in [0.5, 0.6) is 0 Å². The van der Waals surface area contributed by atoms with E-state index in [2.05, 4.69) is 26.0 Å². The number of benzene rings is 1. The van der Waals surface area contributed by atoms with Crippen LogP contribution in [0.15, 0.2) is 34.9 Å². The number of rotatable bonds is 2. The molecule has 0 saturated carbocycles. The van der Waals surface area contributed by atoms with Crippen molar-refractivity contribution in [2.75, 3.05) is 13.2 Å². The van der Waals surface area contributed by atoms with E-state index in [0.29, 0.717) is 34.2 Å². The van der Waals surface area contributed by atoms with Crippen LogP contribution in [0.2, 0.25) is 0 Å². The van der Waals surface area contributed by atoms with Crippen molar-refractivity contribution in [1.29, 1.82) is 0 Å². The van der Waals surface area contributed by atoms with Crippen LogP contribution in [0.1, 0.15) is 22.2 Å². The molecule has 0 bridgehead atoms. The molecule has 0 spiro atoms. The number of amides is 1. The molecule has 4 rings (SSSR count). The molecule has 3 aromatic rings. The number of fused-ring (bicyclic) bond motifs is 2. The Morgan fingerprint density at radius 3 is 3.04 bits per heavy atom. The van der Waals surface area contributed by atoms with Crippen molar-refractivity contribution >= 4 is 32.7 Å². The van der Waals surface area contributed by atoms with Crippen LogP contribution in [0.4, 0.5) is 4.39 Å². The number of carbonyl (C=O) groups is 1. The summed E-state index contributed by atoms with van der Waals surface area (Å²) in [7, 11) is 0. The molecule has 1 amide bonds. The molecule has 1 aliphatic heterocycles. The van der Waals surface area contributed by atoms with Crippen molar-refractivity contribution in [3.63, 3.8) is 0 Å². The third kappa shape index (κ3) is 2.25. The molecular formula is C16H14BrFN4O2. The van der Waals surface area contributed by atoms with Crippen molar-refractivity contribution in [3.8, 4) is 0 Å². The van der Waals surface area contributed by atoms with Gasteiger partial charge in [0.1, 0.15) is 11.5 Å². The molecule has 0 radical (unpaired) electrons. The Morgan fingerprint density at radius 1 is 1.42 bits per heavy atom. The number of aliphatic hydroxyl groups is 1. The van der Waals surface area contributed by atoms with Gasteiger partial charge in [0, 0.05) is 23.6 Å². The molecule has 1 aliphatic rings. The molecule has 1 atom stereocenters. The zero-order valence-electron chi connectivity index (χ0n) is 12.5. The fraction of sp³-hybridized carbons (Fsp3) is 0.250. The van der Waals surface area contributed by atoms with E-state index < -0.39 is 11.9 Å². The lowest BCUT2D eigenvalue weighted by atomic mass is 10.1. The third-order valence-corrected chi connectivity index (χ3v) is 4.99. The van der Waals surface area contributed by atoms with Crippen molar-refractivity contribution in [2.45, 2.75) is 12.6 Å². The SMILES string of the molecule is O=C(c1cc2c(F)c(Br)ccc2[nH]1)N1CCn2nccc2C1CO. The molecule has 2 aromatic heterocycles. The number of aromatic nitrogens is 3. The highest BCUT2D eigenvalue weighted by Crippen LogP contribution is 2.29. The monoisotopic (exact) mass is 392 g/mol. The first kappa shape index (κ1) is 15.3. The van der Waals surface area contributed by atoms with E-state index in [1.807, 2.05) is 0 Å². The van der Waals surface area contributed by atoms with Crippen molar-refractivity contribution in [1.82, 2.24) is 19.7 Å². The van der Waals surface area contributed by atoms with Gasteiger partial charge in [-0.1, -0.05) is 0 Å². The summed E-state index contributed by atoms with van der Waals surface area (Å²) in [6.07, 6.45) is 1.65. The normalized spacial score (nSPS) is 17.3. The summed E-state index contributed by atoms with van der Waals surface area (Å²) in [5, 5.41) is 14.3. The predicted octanol–water partition coefficient (Wildman–Crippen LogP) is 2.46. The number of hydrogen-bond acceptors (Lipinski definition) is 3. The Labute approximate surface area is 145 Å². The predicted molar refractivity (Wildman–Crippen MR) is 89.0 cm³/mol. The molecular weight excluding hydrogens is 379 g/mol. The maximum Gasteiger partial charge on any atom is 0.271 e. The summed E-state index contributed by atoms with van der Waals surface area (Å²) in [6, 6.07) is 6.16. The van der Waals surface area contributed by atoms with Gasteiger partial charge in [0.25, 0.3) is 5.91 Å². The van der Waals surface area contributed by atoms with Crippen LogP contribution in [-0.4, -0.2) is 43.8 Å². The highest BCUT2D eigenvalue weighted by molar-refractivity contribution is 9.10. The number of nitrogens with one attached hydrogen (secondary N) is 1. The van der Waals surface area contributed by atoms with Crippen molar-refractivity contribution in [3.05, 3.63) is 52.1 Å². The molecule has 24 heavy (non-hydrogen) atoms. The number of H-pyrrole nitrogens is 1. The maximum atomic E-state index is 14.2. The quantitative estimate of drug-likeness (QED) is 0.703. The Balaban J connectivity index is 1.72. The molecule has 8 heteroatoms. The molecule has 0 saturated heterocycles. The molecule has 3 heterocycles. The number of carbonyl (C=O) groups excluding carboxylic acids is 1. The van der Waals surface area contributed by atoms with Gasteiger partial charge in [0.05, 0.1) is 29.4 Å². The first-order valence-corrected chi connectivity index (χ1v) is 8.29. The highest BCUT2D eigenvalue weighted by Gasteiger charge is 2.32. The third-order valence-electron chi connectivity index (χ3n) is 4.37. The summed E-state index contributed by atoms with van der Waals surface area (Å²) in [5.41, 5.74) is 1.65. The van der Waals surface area contributed by atoms with E-state index in [0.717, 1.165) is 5.69 Å². The smallest absolute Gasteiger partial charge is 0.271 e. The summed E-state index contributed by atoms with van der Waals surface area (Å²) in [5.74, 6) is -0.675. The standard InChI is InChI=1S/C16H14BrFN4O2/c17-10-1-2-11-9(15(10)18)7-12(20-11)16(24)21-5-6-22-13(3-4-19-22)14(21)8-23/h1-4,7,14,20,23H,5-6,8H2. The highest BCUT2D eigenvalue weighted by atomic mass is 79.9. The first-order chi connectivity index (χ1) is 11.6. The Bertz CT molecular complexity index is 935. The lowest BCUT2D eigenvalue weighted by molar-refractivity contribution is 0.0502. The van der Waals surface area contributed by atoms with Crippen LogP contribution in [0.3, 0.4) is 0 Å². The Kier molecular flexibility index (Phi) is 3.65. The molecule has 0 fully saturated rings. The first-order valence-electron chi connectivity index (χ1n) is 7.50. The van der Waals surface area contributed by atoms with E-state index in [4.69, 9.17) is 0 Å². The van der Waals surface area contributed by atoms with Crippen LogP contribution >= 0.6 is 15.9 Å². The fourth-order valence-corrected chi connectivity index (χ4v) is 3.52. The number of aliphatic hydroxyl groups excluding tert-OH is 1. The van der Waals surface area contributed by atoms with E-state index in [1.165, 1.54) is 6.07 Å². The Hall–Kier alpha value is -2.19. The average Bonchev–Trinajstić information content (AvgIpc) is 3.23. The van der Waals surface area contributed by atoms with Gasteiger partial charge in [-0.15, -0.1) is 0 Å². The molecule has 1 unspecified atom stereocenters. The van der Waals surface area contributed by atoms with Gasteiger partial charge in [0.2, 0.25) is 0 Å². The summed E-state index contributed by atoms with van der Waals surface area (Å²) in [6.45, 7) is 0.794. The van der Waals surface area contributed by atoms with Gasteiger partial charge in [-0.2, -0.15) is 5.10 Å². The van der Waals surface area contributed by atoms with Crippen molar-refractivity contribution in [2.24, 2.45) is 0 Å². The van der Waals surface area contributed by atoms with Gasteiger partial charge < -0.3 is 15.0 Å². The molecule has 6 nitrogen and oxygen atoms in total. The number of halogens is 2. The van der Waals surface area contributed by atoms with E-state index in [1.54, 1.807) is 34.0 Å². The maximum absolute atomic E-state index is 14.2. The topological polar surface area (TPSA) is 74.2 Å². The van der Waals surface area contributed by atoms with Crippen LogP contribution < -0.4 is 0 Å². The van der Waals surface area contributed by atoms with Crippen molar-refractivity contribution < 1.29 is 14.3 Å². The van der Waals surface area contributed by atoms with Gasteiger partial charge in [-0.3, -0.25) is 9.48 Å². The molecule has 124 valence electrons. The zero-order chi connectivity index (χ0) is 16.8. The molecule has 1 aromatic carbocycles. The lowest BCUT2D eigenvalue weighted by Gasteiger charge is -2.34. The summed E-state index contributed by atoms with van der Waals surface area (Å²) in [4.78, 5) is 17.4. The van der Waals surface area contributed by atoms with E-state index >= 15 is 0 Å². The second kappa shape index (κ2) is 5.71. The lowest BCUT2D eigenvalue weighted by Crippen LogP contribution is -2.43. The largest absolute Gasteiger partial charge is 0.394 e. The zero-order valence-corrected chi connectivity index (χ0v) is 14.1. The van der Waals surface area contributed by atoms with Crippen LogP contribution in [0, 0.1) is 5.82 Å². The van der Waals surface area contributed by atoms with Gasteiger partial charge in [-0.05, 0) is 40.2 Å². The summed E-state index contributed by atoms with van der Waals surface area (Å²) < 4.78 is 16.3. The second-order valence-corrected chi connectivity index (χ2v) is 6.54. The van der Waals surface area contributed by atoms with Gasteiger partial charge >= 0.3 is 0 Å². The van der Waals surface area contributed by atoms with E-state index in [-0.39, 0.29) is 12.5 Å². The number of hydrogen-bond donors (Lipinski definition) is 2. The van der Waals surface area contributed by atoms with E-state index in [9.17, 15) is 14.3 Å². The van der Waals surface area contributed by atoms with Gasteiger partial charge in [0.15, 0.2) is 0 Å².